The second kappa shape index (κ2) is 6.82. The summed E-state index contributed by atoms with van der Waals surface area (Å²) in [6, 6.07) is 7.53. The number of hydrogen-bond donors (Lipinski definition) is 1. The van der Waals surface area contributed by atoms with E-state index in [-0.39, 0.29) is 16.9 Å². The lowest BCUT2D eigenvalue weighted by atomic mass is 10.2. The van der Waals surface area contributed by atoms with Crippen LogP contribution in [0.3, 0.4) is 0 Å². The highest BCUT2D eigenvalue weighted by Crippen LogP contribution is 2.30. The Morgan fingerprint density at radius 3 is 2.33 bits per heavy atom. The van der Waals surface area contributed by atoms with E-state index in [1.807, 2.05) is 0 Å². The highest BCUT2D eigenvalue weighted by Gasteiger charge is 2.30. The molecule has 0 saturated carbocycles. The minimum Gasteiger partial charge on any atom is -0.317 e. The zero-order valence-corrected chi connectivity index (χ0v) is 13.8. The Hall–Kier alpha value is -3.23. The Balaban J connectivity index is 1.93. The monoisotopic (exact) mass is 381 g/mol. The van der Waals surface area contributed by atoms with Crippen molar-refractivity contribution in [1.29, 1.82) is 0 Å². The number of carbonyl (C=O) groups is 1. The number of aromatic nitrogens is 2. The van der Waals surface area contributed by atoms with Gasteiger partial charge in [-0.25, -0.2) is 13.5 Å². The van der Waals surface area contributed by atoms with Gasteiger partial charge in [0.2, 0.25) is 0 Å². The molecule has 3 aromatic rings. The van der Waals surface area contributed by atoms with Crippen molar-refractivity contribution in [2.24, 2.45) is 0 Å². The topological polar surface area (TPSA) is 46.9 Å². The summed E-state index contributed by atoms with van der Waals surface area (Å²) < 4.78 is 67.1. The summed E-state index contributed by atoms with van der Waals surface area (Å²) in [6.07, 6.45) is -3.41. The Kier molecular flexibility index (Phi) is 4.69. The zero-order chi connectivity index (χ0) is 19.8. The molecule has 9 heteroatoms. The van der Waals surface area contributed by atoms with Crippen molar-refractivity contribution in [3.05, 3.63) is 77.1 Å². The third-order valence-corrected chi connectivity index (χ3v) is 3.87. The standard InChI is InChI=1S/C18H12F5N3O/c1-10-13(17(27)25-16-14(19)6-3-7-15(16)20)9-24-26(10)12-5-2-4-11(8-12)18(21,22)23/h2-9H,1H3,(H,25,27). The lowest BCUT2D eigenvalue weighted by molar-refractivity contribution is -0.137. The summed E-state index contributed by atoms with van der Waals surface area (Å²) in [5.74, 6) is -2.74. The van der Waals surface area contributed by atoms with Crippen LogP contribution in [0.1, 0.15) is 21.6 Å². The van der Waals surface area contributed by atoms with E-state index in [1.54, 1.807) is 0 Å². The quantitative estimate of drug-likeness (QED) is 0.667. The van der Waals surface area contributed by atoms with Crippen LogP contribution in [0.4, 0.5) is 27.6 Å². The molecule has 0 aliphatic carbocycles. The van der Waals surface area contributed by atoms with Crippen molar-refractivity contribution in [1.82, 2.24) is 9.78 Å². The summed E-state index contributed by atoms with van der Waals surface area (Å²) in [5, 5.41) is 6.03. The molecule has 0 bridgehead atoms. The van der Waals surface area contributed by atoms with Gasteiger partial charge in [-0.3, -0.25) is 4.79 Å². The number of amides is 1. The van der Waals surface area contributed by atoms with Gasteiger partial charge in [-0.1, -0.05) is 12.1 Å². The molecule has 0 fully saturated rings. The number of nitrogens with zero attached hydrogens (tertiary/aromatic N) is 2. The van der Waals surface area contributed by atoms with Crippen LogP contribution in [0.5, 0.6) is 0 Å². The summed E-state index contributed by atoms with van der Waals surface area (Å²) in [7, 11) is 0. The third kappa shape index (κ3) is 3.67. The molecule has 1 aromatic heterocycles. The van der Waals surface area contributed by atoms with E-state index in [0.717, 1.165) is 41.2 Å². The predicted octanol–water partition coefficient (Wildman–Crippen LogP) is 4.73. The Morgan fingerprint density at radius 1 is 1.07 bits per heavy atom. The third-order valence-electron chi connectivity index (χ3n) is 3.87. The van der Waals surface area contributed by atoms with E-state index in [0.29, 0.717) is 0 Å². The fourth-order valence-corrected chi connectivity index (χ4v) is 2.50. The van der Waals surface area contributed by atoms with E-state index >= 15 is 0 Å². The first-order chi connectivity index (χ1) is 12.7. The summed E-state index contributed by atoms with van der Waals surface area (Å²) >= 11 is 0. The molecule has 0 unspecified atom stereocenters. The number of halogens is 5. The maximum absolute atomic E-state index is 13.7. The molecular formula is C18H12F5N3O. The number of rotatable bonds is 3. The van der Waals surface area contributed by atoms with Crippen molar-refractivity contribution in [3.63, 3.8) is 0 Å². The van der Waals surface area contributed by atoms with Crippen LogP contribution in [0.2, 0.25) is 0 Å². The molecule has 27 heavy (non-hydrogen) atoms. The van der Waals surface area contributed by atoms with Gasteiger partial charge < -0.3 is 5.32 Å². The van der Waals surface area contributed by atoms with Gasteiger partial charge in [-0.05, 0) is 37.3 Å². The number of anilines is 1. The number of carbonyl (C=O) groups excluding carboxylic acids is 1. The number of alkyl halides is 3. The molecular weight excluding hydrogens is 369 g/mol. The van der Waals surface area contributed by atoms with Gasteiger partial charge in [0.15, 0.2) is 0 Å². The summed E-state index contributed by atoms with van der Waals surface area (Å²) in [4.78, 5) is 12.3. The lowest BCUT2D eigenvalue weighted by Crippen LogP contribution is -2.15. The molecule has 0 radical (unpaired) electrons. The van der Waals surface area contributed by atoms with E-state index in [2.05, 4.69) is 10.4 Å². The SMILES string of the molecule is Cc1c(C(=O)Nc2c(F)cccc2F)cnn1-c1cccc(C(F)(F)F)c1. The molecule has 1 N–H and O–H groups in total. The Morgan fingerprint density at radius 2 is 1.70 bits per heavy atom. The number of benzene rings is 2. The molecule has 0 aliphatic heterocycles. The largest absolute Gasteiger partial charge is 0.416 e. The van der Waals surface area contributed by atoms with Gasteiger partial charge in [0.05, 0.1) is 28.7 Å². The van der Waals surface area contributed by atoms with Gasteiger partial charge in [-0.2, -0.15) is 18.3 Å². The second-order valence-electron chi connectivity index (χ2n) is 5.65. The fraction of sp³-hybridized carbons (Fsp3) is 0.111. The minimum atomic E-state index is -4.53. The maximum Gasteiger partial charge on any atom is 0.416 e. The Labute approximate surface area is 150 Å². The molecule has 0 aliphatic rings. The zero-order valence-electron chi connectivity index (χ0n) is 13.8. The molecule has 0 spiro atoms. The van der Waals surface area contributed by atoms with Gasteiger partial charge in [-0.15, -0.1) is 0 Å². The number of nitrogens with one attached hydrogen (secondary N) is 1. The smallest absolute Gasteiger partial charge is 0.317 e. The summed E-state index contributed by atoms with van der Waals surface area (Å²) in [6.45, 7) is 1.46. The fourth-order valence-electron chi connectivity index (χ4n) is 2.50. The minimum absolute atomic E-state index is 0.0323. The van der Waals surface area contributed by atoms with Crippen LogP contribution >= 0.6 is 0 Å². The Bertz CT molecular complexity index is 990. The van der Waals surface area contributed by atoms with Gasteiger partial charge in [0.25, 0.3) is 5.91 Å². The van der Waals surface area contributed by atoms with Gasteiger partial charge >= 0.3 is 6.18 Å². The van der Waals surface area contributed by atoms with Crippen LogP contribution in [0.15, 0.2) is 48.7 Å². The van der Waals surface area contributed by atoms with Crippen molar-refractivity contribution < 1.29 is 26.7 Å². The number of hydrogen-bond acceptors (Lipinski definition) is 2. The normalized spacial score (nSPS) is 11.5. The second-order valence-corrected chi connectivity index (χ2v) is 5.65. The first-order valence-electron chi connectivity index (χ1n) is 7.66. The van der Waals surface area contributed by atoms with Crippen LogP contribution in [-0.2, 0) is 6.18 Å². The van der Waals surface area contributed by atoms with Crippen LogP contribution < -0.4 is 5.32 Å². The predicted molar refractivity (Wildman–Crippen MR) is 87.6 cm³/mol. The molecule has 1 heterocycles. The van der Waals surface area contributed by atoms with E-state index in [9.17, 15) is 26.7 Å². The molecule has 3 rings (SSSR count). The van der Waals surface area contributed by atoms with Crippen molar-refractivity contribution in [2.45, 2.75) is 13.1 Å². The van der Waals surface area contributed by atoms with Gasteiger partial charge in [0.1, 0.15) is 17.3 Å². The maximum atomic E-state index is 13.7. The molecule has 0 saturated heterocycles. The molecule has 0 atom stereocenters. The van der Waals surface area contributed by atoms with Gasteiger partial charge in [0, 0.05) is 0 Å². The molecule has 1 amide bonds. The van der Waals surface area contributed by atoms with Crippen LogP contribution in [0, 0.1) is 18.6 Å². The molecule has 4 nitrogen and oxygen atoms in total. The average molecular weight is 381 g/mol. The first kappa shape index (κ1) is 18.6. The lowest BCUT2D eigenvalue weighted by Gasteiger charge is -2.10. The van der Waals surface area contributed by atoms with E-state index in [4.69, 9.17) is 0 Å². The average Bonchev–Trinajstić information content (AvgIpc) is 2.99. The highest BCUT2D eigenvalue weighted by atomic mass is 19.4. The van der Waals surface area contributed by atoms with Crippen molar-refractivity contribution in [3.8, 4) is 5.69 Å². The van der Waals surface area contributed by atoms with Crippen LogP contribution in [-0.4, -0.2) is 15.7 Å². The summed E-state index contributed by atoms with van der Waals surface area (Å²) in [5.41, 5.74) is -1.21. The molecule has 2 aromatic carbocycles. The first-order valence-corrected chi connectivity index (χ1v) is 7.66. The van der Waals surface area contributed by atoms with E-state index in [1.165, 1.54) is 19.1 Å². The highest BCUT2D eigenvalue weighted by molar-refractivity contribution is 6.05. The van der Waals surface area contributed by atoms with Crippen molar-refractivity contribution in [2.75, 3.05) is 5.32 Å². The van der Waals surface area contributed by atoms with Crippen LogP contribution in [0.25, 0.3) is 5.69 Å². The van der Waals surface area contributed by atoms with E-state index < -0.39 is 35.0 Å². The number of para-hydroxylation sites is 1. The van der Waals surface area contributed by atoms with Crippen molar-refractivity contribution >= 4 is 11.6 Å². The molecule has 140 valence electrons.